The van der Waals surface area contributed by atoms with Crippen molar-refractivity contribution in [3.8, 4) is 0 Å². The highest BCUT2D eigenvalue weighted by Crippen LogP contribution is 2.20. The van der Waals surface area contributed by atoms with Crippen LogP contribution in [0.15, 0.2) is 83.3 Å². The summed E-state index contributed by atoms with van der Waals surface area (Å²) < 4.78 is 5.59. The highest BCUT2D eigenvalue weighted by molar-refractivity contribution is 6.04. The molecule has 3 amide bonds. The Morgan fingerprint density at radius 3 is 2.09 bits per heavy atom. The number of rotatable bonds is 8. The third-order valence-electron chi connectivity index (χ3n) is 5.46. The molecule has 3 aromatic carbocycles. The first kappa shape index (κ1) is 23.8. The van der Waals surface area contributed by atoms with Crippen LogP contribution in [-0.4, -0.2) is 17.7 Å². The molecule has 7 nitrogen and oxygen atoms in total. The van der Waals surface area contributed by atoms with Crippen molar-refractivity contribution in [1.82, 2.24) is 5.32 Å². The van der Waals surface area contributed by atoms with Crippen molar-refractivity contribution in [2.45, 2.75) is 26.8 Å². The topological polar surface area (TPSA) is 100 Å². The molecule has 7 heteroatoms. The lowest BCUT2D eigenvalue weighted by atomic mass is 10.1. The summed E-state index contributed by atoms with van der Waals surface area (Å²) in [5.74, 6) is -0.324. The van der Waals surface area contributed by atoms with E-state index in [4.69, 9.17) is 4.42 Å². The fraction of sp³-hybridized carbons (Fsp3) is 0.179. The number of nitrogens with one attached hydrogen (secondary N) is 3. The minimum absolute atomic E-state index is 0.0360. The van der Waals surface area contributed by atoms with Crippen LogP contribution in [0.3, 0.4) is 0 Å². The van der Waals surface area contributed by atoms with Gasteiger partial charge in [-0.2, -0.15) is 0 Å². The highest BCUT2D eigenvalue weighted by Gasteiger charge is 2.13. The zero-order valence-electron chi connectivity index (χ0n) is 19.6. The minimum Gasteiger partial charge on any atom is -0.451 e. The molecule has 0 saturated carbocycles. The molecule has 0 fully saturated rings. The molecule has 178 valence electrons. The number of carbonyl (C=O) groups excluding carboxylic acids is 3. The van der Waals surface area contributed by atoms with Crippen LogP contribution in [0.2, 0.25) is 0 Å². The molecule has 3 N–H and O–H groups in total. The monoisotopic (exact) mass is 469 g/mol. The first-order chi connectivity index (χ1) is 16.9. The molecule has 0 aliphatic rings. The summed E-state index contributed by atoms with van der Waals surface area (Å²) in [5, 5.41) is 9.42. The smallest absolute Gasteiger partial charge is 0.291 e. The van der Waals surface area contributed by atoms with Crippen molar-refractivity contribution in [2.24, 2.45) is 5.92 Å². The Hall–Kier alpha value is -4.39. The molecular formula is C28H27N3O4. The van der Waals surface area contributed by atoms with E-state index in [1.54, 1.807) is 30.3 Å². The number of benzene rings is 3. The standard InChI is InChI=1S/C28H27N3O4/c1-18(2)27(33)30-22-13-9-20(10-14-22)17-29-26(32)15-19-7-11-23(12-8-19)31-28(34)25-16-21-5-3-4-6-24(21)35-25/h3-14,16,18H,15,17H2,1-2H3,(H,29,32)(H,30,33)(H,31,34). The minimum atomic E-state index is -0.332. The van der Waals surface area contributed by atoms with Crippen LogP contribution in [0.1, 0.15) is 35.5 Å². The van der Waals surface area contributed by atoms with Gasteiger partial charge in [0, 0.05) is 29.2 Å². The van der Waals surface area contributed by atoms with Gasteiger partial charge in [-0.05, 0) is 47.5 Å². The van der Waals surface area contributed by atoms with Crippen molar-refractivity contribution in [3.05, 3.63) is 95.7 Å². The molecule has 1 heterocycles. The van der Waals surface area contributed by atoms with Crippen molar-refractivity contribution >= 4 is 40.1 Å². The molecule has 0 aliphatic heterocycles. The van der Waals surface area contributed by atoms with Gasteiger partial charge >= 0.3 is 0 Å². The van der Waals surface area contributed by atoms with Gasteiger partial charge in [-0.15, -0.1) is 0 Å². The maximum Gasteiger partial charge on any atom is 0.291 e. The van der Waals surface area contributed by atoms with Gasteiger partial charge in [0.15, 0.2) is 5.76 Å². The Morgan fingerprint density at radius 2 is 1.43 bits per heavy atom. The zero-order chi connectivity index (χ0) is 24.8. The van der Waals surface area contributed by atoms with E-state index >= 15 is 0 Å². The average Bonchev–Trinajstić information content (AvgIpc) is 3.29. The number of hydrogen-bond donors (Lipinski definition) is 3. The van der Waals surface area contributed by atoms with Crippen molar-refractivity contribution in [2.75, 3.05) is 10.6 Å². The predicted octanol–water partition coefficient (Wildman–Crippen LogP) is 5.14. The van der Waals surface area contributed by atoms with Crippen molar-refractivity contribution in [1.29, 1.82) is 0 Å². The normalized spacial score (nSPS) is 10.8. The van der Waals surface area contributed by atoms with Crippen LogP contribution < -0.4 is 16.0 Å². The Balaban J connectivity index is 1.25. The maximum atomic E-state index is 12.5. The van der Waals surface area contributed by atoms with Crippen LogP contribution in [0, 0.1) is 5.92 Å². The summed E-state index contributed by atoms with van der Waals surface area (Å²) in [5.41, 5.74) is 3.77. The largest absolute Gasteiger partial charge is 0.451 e. The molecule has 35 heavy (non-hydrogen) atoms. The third-order valence-corrected chi connectivity index (χ3v) is 5.46. The van der Waals surface area contributed by atoms with E-state index in [1.165, 1.54) is 0 Å². The number of furan rings is 1. The van der Waals surface area contributed by atoms with Gasteiger partial charge in [-0.3, -0.25) is 14.4 Å². The predicted molar refractivity (Wildman–Crippen MR) is 136 cm³/mol. The molecule has 0 radical (unpaired) electrons. The Morgan fingerprint density at radius 1 is 0.800 bits per heavy atom. The fourth-order valence-electron chi connectivity index (χ4n) is 3.43. The fourth-order valence-corrected chi connectivity index (χ4v) is 3.43. The second kappa shape index (κ2) is 10.7. The van der Waals surface area contributed by atoms with E-state index in [0.717, 1.165) is 22.2 Å². The van der Waals surface area contributed by atoms with Gasteiger partial charge in [-0.25, -0.2) is 0 Å². The molecule has 0 aliphatic carbocycles. The van der Waals surface area contributed by atoms with Crippen LogP contribution >= 0.6 is 0 Å². The molecule has 1 aromatic heterocycles. The molecule has 0 unspecified atom stereocenters. The van der Waals surface area contributed by atoms with Crippen molar-refractivity contribution in [3.63, 3.8) is 0 Å². The first-order valence-corrected chi connectivity index (χ1v) is 11.4. The number of anilines is 2. The van der Waals surface area contributed by atoms with Gasteiger partial charge in [0.2, 0.25) is 11.8 Å². The summed E-state index contributed by atoms with van der Waals surface area (Å²) in [7, 11) is 0. The lowest BCUT2D eigenvalue weighted by Crippen LogP contribution is -2.24. The number of carbonyl (C=O) groups is 3. The molecule has 0 spiro atoms. The second-order valence-corrected chi connectivity index (χ2v) is 8.59. The van der Waals surface area contributed by atoms with E-state index in [0.29, 0.717) is 17.8 Å². The van der Waals surface area contributed by atoms with Crippen molar-refractivity contribution < 1.29 is 18.8 Å². The summed E-state index contributed by atoms with van der Waals surface area (Å²) in [6.07, 6.45) is 0.223. The molecule has 0 atom stereocenters. The first-order valence-electron chi connectivity index (χ1n) is 11.4. The van der Waals surface area contributed by atoms with Gasteiger partial charge in [0.1, 0.15) is 5.58 Å². The number of para-hydroxylation sites is 1. The summed E-state index contributed by atoms with van der Waals surface area (Å²) in [4.78, 5) is 36.6. The van der Waals surface area contributed by atoms with E-state index in [2.05, 4.69) is 16.0 Å². The zero-order valence-corrected chi connectivity index (χ0v) is 19.6. The quantitative estimate of drug-likeness (QED) is 0.333. The molecular weight excluding hydrogens is 442 g/mol. The van der Waals surface area contributed by atoms with Gasteiger partial charge in [-0.1, -0.05) is 56.3 Å². The van der Waals surface area contributed by atoms with Gasteiger partial charge < -0.3 is 20.4 Å². The van der Waals surface area contributed by atoms with E-state index in [9.17, 15) is 14.4 Å². The molecule has 0 saturated heterocycles. The second-order valence-electron chi connectivity index (χ2n) is 8.59. The Kier molecular flexibility index (Phi) is 7.26. The summed E-state index contributed by atoms with van der Waals surface area (Å²) in [6, 6.07) is 23.7. The number of fused-ring (bicyclic) bond motifs is 1. The van der Waals surface area contributed by atoms with Crippen LogP contribution in [0.25, 0.3) is 11.0 Å². The van der Waals surface area contributed by atoms with E-state index < -0.39 is 0 Å². The average molecular weight is 470 g/mol. The molecule has 4 rings (SSSR count). The SMILES string of the molecule is CC(C)C(=O)Nc1ccc(CNC(=O)Cc2ccc(NC(=O)c3cc4ccccc4o3)cc2)cc1. The van der Waals surface area contributed by atoms with Gasteiger partial charge in [0.05, 0.1) is 6.42 Å². The summed E-state index contributed by atoms with van der Waals surface area (Å²) >= 11 is 0. The maximum absolute atomic E-state index is 12.5. The van der Waals surface area contributed by atoms with Crippen LogP contribution in [-0.2, 0) is 22.6 Å². The molecule has 0 bridgehead atoms. The number of hydrogen-bond acceptors (Lipinski definition) is 4. The summed E-state index contributed by atoms with van der Waals surface area (Å²) in [6.45, 7) is 4.07. The van der Waals surface area contributed by atoms with Crippen LogP contribution in [0.4, 0.5) is 11.4 Å². The molecule has 4 aromatic rings. The van der Waals surface area contributed by atoms with Gasteiger partial charge in [0.25, 0.3) is 5.91 Å². The van der Waals surface area contributed by atoms with E-state index in [-0.39, 0.29) is 35.8 Å². The lowest BCUT2D eigenvalue weighted by Gasteiger charge is -2.09. The Labute approximate surface area is 203 Å². The Bertz CT molecular complexity index is 1310. The number of amides is 3. The van der Waals surface area contributed by atoms with E-state index in [1.807, 2.05) is 62.4 Å². The van der Waals surface area contributed by atoms with Crippen LogP contribution in [0.5, 0.6) is 0 Å². The third kappa shape index (κ3) is 6.35. The highest BCUT2D eigenvalue weighted by atomic mass is 16.3. The lowest BCUT2D eigenvalue weighted by molar-refractivity contribution is -0.120.